The Hall–Kier alpha value is -7.76. The zero-order valence-electron chi connectivity index (χ0n) is 30.8. The average Bonchev–Trinajstić information content (AvgIpc) is 3.93. The molecule has 0 bridgehead atoms. The van der Waals surface area contributed by atoms with Crippen LogP contribution in [0.25, 0.3) is 105 Å². The molecule has 4 aromatic heterocycles. The molecule has 5 nitrogen and oxygen atoms in total. The van der Waals surface area contributed by atoms with E-state index in [1.807, 2.05) is 18.2 Å². The summed E-state index contributed by atoms with van der Waals surface area (Å²) < 4.78 is 7.14. The summed E-state index contributed by atoms with van der Waals surface area (Å²) in [7, 11) is 0. The molecule has 0 unspecified atom stereocenters. The normalized spacial score (nSPS) is 11.9. The van der Waals surface area contributed by atoms with E-state index in [4.69, 9.17) is 9.97 Å². The van der Waals surface area contributed by atoms with Gasteiger partial charge in [-0.05, 0) is 48.5 Å². The minimum absolute atomic E-state index is 0.688. The number of rotatable bonds is 5. The van der Waals surface area contributed by atoms with Crippen LogP contribution in [0.5, 0.6) is 0 Å². The van der Waals surface area contributed by atoms with Gasteiger partial charge in [0.1, 0.15) is 5.82 Å². The van der Waals surface area contributed by atoms with Crippen molar-refractivity contribution in [3.63, 3.8) is 0 Å². The summed E-state index contributed by atoms with van der Waals surface area (Å²) in [6.07, 6.45) is 0. The quantitative estimate of drug-likeness (QED) is 0.177. The molecule has 5 heteroatoms. The Morgan fingerprint density at radius 3 is 1.25 bits per heavy atom. The van der Waals surface area contributed by atoms with Crippen LogP contribution < -0.4 is 0 Å². The van der Waals surface area contributed by atoms with E-state index in [1.165, 1.54) is 54.4 Å². The highest BCUT2D eigenvalue weighted by Gasteiger charge is 2.22. The lowest BCUT2D eigenvalue weighted by Gasteiger charge is -2.14. The van der Waals surface area contributed by atoms with Crippen molar-refractivity contribution in [1.29, 1.82) is 0 Å². The number of aromatic nitrogens is 5. The summed E-state index contributed by atoms with van der Waals surface area (Å²) in [6.45, 7) is 0. The maximum atomic E-state index is 5.22. The Bertz CT molecular complexity index is 3450. The summed E-state index contributed by atoms with van der Waals surface area (Å²) in [5.74, 6) is 1.52. The van der Waals surface area contributed by atoms with Crippen LogP contribution in [0, 0.1) is 0 Å². The number of nitrogens with zero attached hydrogens (tertiary/aromatic N) is 5. The predicted molar refractivity (Wildman–Crippen MR) is 236 cm³/mol. The van der Waals surface area contributed by atoms with Crippen LogP contribution >= 0.6 is 0 Å². The molecule has 12 rings (SSSR count). The molecule has 8 aromatic carbocycles. The topological polar surface area (TPSA) is 40.6 Å². The number of fused-ring (bicyclic) bond motifs is 10. The van der Waals surface area contributed by atoms with E-state index in [0.717, 1.165) is 45.0 Å². The van der Waals surface area contributed by atoms with Gasteiger partial charge >= 0.3 is 0 Å². The van der Waals surface area contributed by atoms with Crippen LogP contribution in [-0.2, 0) is 0 Å². The molecule has 0 saturated heterocycles. The molecule has 12 aromatic rings. The average molecular weight is 728 g/mol. The maximum absolute atomic E-state index is 5.22. The van der Waals surface area contributed by atoms with Gasteiger partial charge in [0.2, 0.25) is 0 Å². The van der Waals surface area contributed by atoms with Crippen LogP contribution in [0.4, 0.5) is 0 Å². The molecule has 0 atom stereocenters. The molecular formula is C52H33N5. The molecule has 0 spiro atoms. The Labute approximate surface area is 328 Å². The van der Waals surface area contributed by atoms with E-state index in [1.54, 1.807) is 0 Å². The standard InChI is InChI=1S/C52H33N5/c1-3-15-35(16-4-1)52-53-44(33-49(54-52)57-47-25-13-7-19-38(47)39-20-8-14-26-48(39)57)34-27-29-37(30-28-34)56-46-24-12-10-22-41(46)43-32-31-42-40-21-9-11-23-45(40)55(50(42)51(43)56)36-17-5-2-6-18-36/h1-33H. The van der Waals surface area contributed by atoms with Crippen LogP contribution in [0.15, 0.2) is 200 Å². The molecule has 0 aliphatic heterocycles. The third-order valence-corrected chi connectivity index (χ3v) is 11.5. The summed E-state index contributed by atoms with van der Waals surface area (Å²) in [5, 5.41) is 7.32. The van der Waals surface area contributed by atoms with Gasteiger partial charge in [-0.3, -0.25) is 4.57 Å². The van der Waals surface area contributed by atoms with Crippen molar-refractivity contribution in [3.8, 4) is 39.8 Å². The van der Waals surface area contributed by atoms with Crippen molar-refractivity contribution in [2.24, 2.45) is 0 Å². The van der Waals surface area contributed by atoms with E-state index in [9.17, 15) is 0 Å². The van der Waals surface area contributed by atoms with Crippen molar-refractivity contribution in [1.82, 2.24) is 23.7 Å². The van der Waals surface area contributed by atoms with Gasteiger partial charge in [-0.1, -0.05) is 146 Å². The third kappa shape index (κ3) is 4.76. The van der Waals surface area contributed by atoms with Crippen molar-refractivity contribution in [2.45, 2.75) is 0 Å². The second-order valence-corrected chi connectivity index (χ2v) is 14.6. The summed E-state index contributed by atoms with van der Waals surface area (Å²) >= 11 is 0. The highest BCUT2D eigenvalue weighted by molar-refractivity contribution is 6.23. The van der Waals surface area contributed by atoms with Gasteiger partial charge in [-0.2, -0.15) is 0 Å². The van der Waals surface area contributed by atoms with Crippen molar-refractivity contribution in [3.05, 3.63) is 200 Å². The molecule has 4 heterocycles. The van der Waals surface area contributed by atoms with Crippen LogP contribution in [-0.4, -0.2) is 23.7 Å². The monoisotopic (exact) mass is 727 g/mol. The summed E-state index contributed by atoms with van der Waals surface area (Å²) in [6, 6.07) is 71.2. The minimum Gasteiger partial charge on any atom is -0.307 e. The number of hydrogen-bond donors (Lipinski definition) is 0. The molecular weight excluding hydrogens is 695 g/mol. The lowest BCUT2D eigenvalue weighted by molar-refractivity contribution is 1.05. The fourth-order valence-electron chi connectivity index (χ4n) is 8.98. The fraction of sp³-hybridized carbons (Fsp3) is 0. The Balaban J connectivity index is 1.09. The zero-order chi connectivity index (χ0) is 37.5. The summed E-state index contributed by atoms with van der Waals surface area (Å²) in [4.78, 5) is 10.4. The number of benzene rings is 8. The minimum atomic E-state index is 0.688. The first kappa shape index (κ1) is 31.6. The second kappa shape index (κ2) is 12.4. The van der Waals surface area contributed by atoms with Gasteiger partial charge in [0.25, 0.3) is 0 Å². The van der Waals surface area contributed by atoms with E-state index in [-0.39, 0.29) is 0 Å². The summed E-state index contributed by atoms with van der Waals surface area (Å²) in [5.41, 5.74) is 12.0. The highest BCUT2D eigenvalue weighted by Crippen LogP contribution is 2.42. The van der Waals surface area contributed by atoms with Gasteiger partial charge in [0, 0.05) is 60.9 Å². The Morgan fingerprint density at radius 2 is 0.719 bits per heavy atom. The van der Waals surface area contributed by atoms with Crippen LogP contribution in [0.2, 0.25) is 0 Å². The lowest BCUT2D eigenvalue weighted by Crippen LogP contribution is -2.02. The molecule has 0 radical (unpaired) electrons. The molecule has 266 valence electrons. The third-order valence-electron chi connectivity index (χ3n) is 11.5. The Kier molecular flexibility index (Phi) is 6.86. The first-order valence-electron chi connectivity index (χ1n) is 19.3. The van der Waals surface area contributed by atoms with Crippen molar-refractivity contribution >= 4 is 65.4 Å². The van der Waals surface area contributed by atoms with Crippen LogP contribution in [0.1, 0.15) is 0 Å². The van der Waals surface area contributed by atoms with Gasteiger partial charge in [0.05, 0.1) is 38.8 Å². The van der Waals surface area contributed by atoms with Gasteiger partial charge in [-0.15, -0.1) is 0 Å². The molecule has 0 fully saturated rings. The fourth-order valence-corrected chi connectivity index (χ4v) is 8.98. The predicted octanol–water partition coefficient (Wildman–Crippen LogP) is 13.1. The van der Waals surface area contributed by atoms with Gasteiger partial charge in [0.15, 0.2) is 5.82 Å². The van der Waals surface area contributed by atoms with Crippen molar-refractivity contribution in [2.75, 3.05) is 0 Å². The van der Waals surface area contributed by atoms with E-state index >= 15 is 0 Å². The molecule has 0 aliphatic rings. The van der Waals surface area contributed by atoms with Crippen molar-refractivity contribution < 1.29 is 0 Å². The number of para-hydroxylation sites is 5. The molecule has 0 amide bonds. The molecule has 0 saturated carbocycles. The highest BCUT2D eigenvalue weighted by atomic mass is 15.1. The molecule has 57 heavy (non-hydrogen) atoms. The zero-order valence-corrected chi connectivity index (χ0v) is 30.8. The Morgan fingerprint density at radius 1 is 0.298 bits per heavy atom. The maximum Gasteiger partial charge on any atom is 0.162 e. The van der Waals surface area contributed by atoms with Gasteiger partial charge in [-0.25, -0.2) is 9.97 Å². The lowest BCUT2D eigenvalue weighted by atomic mass is 10.1. The molecule has 0 aliphatic carbocycles. The van der Waals surface area contributed by atoms with E-state index in [0.29, 0.717) is 5.82 Å². The smallest absolute Gasteiger partial charge is 0.162 e. The SMILES string of the molecule is c1ccc(-c2nc(-c3ccc(-n4c5ccccc5c5ccc6c7ccccc7n(-c7ccccc7)c6c54)cc3)cc(-n3c4ccccc4c4ccccc43)n2)cc1. The first-order chi connectivity index (χ1) is 28.3. The first-order valence-corrected chi connectivity index (χ1v) is 19.3. The van der Waals surface area contributed by atoms with E-state index in [2.05, 4.69) is 196 Å². The van der Waals surface area contributed by atoms with Gasteiger partial charge < -0.3 is 9.13 Å². The van der Waals surface area contributed by atoms with E-state index < -0.39 is 0 Å². The number of hydrogen-bond acceptors (Lipinski definition) is 2. The molecule has 0 N–H and O–H groups in total. The van der Waals surface area contributed by atoms with Crippen LogP contribution in [0.3, 0.4) is 0 Å². The largest absolute Gasteiger partial charge is 0.307 e. The second-order valence-electron chi connectivity index (χ2n) is 14.6.